The van der Waals surface area contributed by atoms with Crippen molar-refractivity contribution in [1.82, 2.24) is 9.97 Å². The maximum Gasteiger partial charge on any atom is 0.148 e. The van der Waals surface area contributed by atoms with Crippen LogP contribution in [-0.2, 0) is 6.42 Å². The zero-order valence-corrected chi connectivity index (χ0v) is 11.2. The highest BCUT2D eigenvalue weighted by Gasteiger charge is 2.11. The molecule has 1 unspecified atom stereocenters. The van der Waals surface area contributed by atoms with Crippen molar-refractivity contribution in [1.29, 1.82) is 0 Å². The Hall–Kier alpha value is -1.32. The van der Waals surface area contributed by atoms with Crippen LogP contribution in [0, 0.1) is 0 Å². The van der Waals surface area contributed by atoms with Crippen molar-refractivity contribution >= 4 is 29.0 Å². The van der Waals surface area contributed by atoms with Crippen LogP contribution in [0.5, 0.6) is 0 Å². The van der Waals surface area contributed by atoms with Crippen LogP contribution >= 0.6 is 23.2 Å². The van der Waals surface area contributed by atoms with Crippen molar-refractivity contribution in [2.24, 2.45) is 0 Å². The molecule has 0 amide bonds. The molecule has 1 N–H and O–H groups in total. The largest absolute Gasteiger partial charge is 0.364 e. The lowest BCUT2D eigenvalue weighted by Crippen LogP contribution is -2.24. The summed E-state index contributed by atoms with van der Waals surface area (Å²) in [5.74, 6) is 1.10. The van der Waals surface area contributed by atoms with Crippen molar-refractivity contribution in [3.8, 4) is 0 Å². The van der Waals surface area contributed by atoms with E-state index in [0.717, 1.165) is 6.42 Å². The first-order valence-corrected chi connectivity index (χ1v) is 6.53. The topological polar surface area (TPSA) is 37.8 Å². The molecule has 0 aliphatic heterocycles. The summed E-state index contributed by atoms with van der Waals surface area (Å²) in [7, 11) is 0. The molecular weight excluding hydrogens is 269 g/mol. The fraction of sp³-hybridized carbons (Fsp3) is 0.231. The predicted molar refractivity (Wildman–Crippen MR) is 75.3 cm³/mol. The fourth-order valence-electron chi connectivity index (χ4n) is 1.65. The molecule has 1 atom stereocenters. The van der Waals surface area contributed by atoms with Gasteiger partial charge in [0.2, 0.25) is 0 Å². The molecule has 0 fully saturated rings. The van der Waals surface area contributed by atoms with Gasteiger partial charge in [0.25, 0.3) is 0 Å². The number of hydrogen-bond donors (Lipinski definition) is 1. The van der Waals surface area contributed by atoms with Gasteiger partial charge in [0.1, 0.15) is 17.2 Å². The van der Waals surface area contributed by atoms with Gasteiger partial charge >= 0.3 is 0 Å². The van der Waals surface area contributed by atoms with Crippen molar-refractivity contribution in [2.75, 3.05) is 11.2 Å². The summed E-state index contributed by atoms with van der Waals surface area (Å²) in [6.45, 7) is 0. The zero-order valence-electron chi connectivity index (χ0n) is 9.68. The molecule has 2 aromatic rings. The van der Waals surface area contributed by atoms with Gasteiger partial charge < -0.3 is 5.32 Å². The third-order valence-corrected chi connectivity index (χ3v) is 3.17. The smallest absolute Gasteiger partial charge is 0.148 e. The number of benzene rings is 1. The third-order valence-electron chi connectivity index (χ3n) is 2.52. The summed E-state index contributed by atoms with van der Waals surface area (Å²) in [5.41, 5.74) is 1.22. The van der Waals surface area contributed by atoms with Crippen molar-refractivity contribution in [3.05, 3.63) is 53.4 Å². The summed E-state index contributed by atoms with van der Waals surface area (Å²) in [6, 6.07) is 10.2. The fourth-order valence-corrected chi connectivity index (χ4v) is 2.00. The Bertz CT molecular complexity index is 491. The lowest BCUT2D eigenvalue weighted by Gasteiger charge is -2.17. The number of aromatic nitrogens is 2. The molecule has 1 aromatic heterocycles. The molecular formula is C13H13Cl2N3. The van der Waals surface area contributed by atoms with Crippen LogP contribution in [0.15, 0.2) is 42.9 Å². The SMILES string of the molecule is ClCC(Cc1ccccc1)Nc1ncncc1Cl. The molecule has 0 aliphatic rings. The van der Waals surface area contributed by atoms with E-state index in [9.17, 15) is 0 Å². The molecule has 3 nitrogen and oxygen atoms in total. The van der Waals surface area contributed by atoms with Crippen LogP contribution in [0.1, 0.15) is 5.56 Å². The Kier molecular flexibility index (Phi) is 4.79. The summed E-state index contributed by atoms with van der Waals surface area (Å²) < 4.78 is 0. The van der Waals surface area contributed by atoms with Gasteiger partial charge in [-0.3, -0.25) is 0 Å². The lowest BCUT2D eigenvalue weighted by atomic mass is 10.1. The molecule has 1 heterocycles. The Morgan fingerprint density at radius 2 is 2.00 bits per heavy atom. The quantitative estimate of drug-likeness (QED) is 0.854. The molecule has 0 saturated heterocycles. The number of hydrogen-bond acceptors (Lipinski definition) is 3. The van der Waals surface area contributed by atoms with Gasteiger partial charge in [-0.25, -0.2) is 9.97 Å². The molecule has 0 bridgehead atoms. The van der Waals surface area contributed by atoms with Gasteiger partial charge in [-0.05, 0) is 12.0 Å². The summed E-state index contributed by atoms with van der Waals surface area (Å²) in [6.07, 6.45) is 3.84. The number of rotatable bonds is 5. The first kappa shape index (κ1) is 13.1. The summed E-state index contributed by atoms with van der Waals surface area (Å²) in [4.78, 5) is 7.94. The van der Waals surface area contributed by atoms with Crippen LogP contribution in [-0.4, -0.2) is 21.9 Å². The number of nitrogens with zero attached hydrogens (tertiary/aromatic N) is 2. The highest BCUT2D eigenvalue weighted by Crippen LogP contribution is 2.18. The second-order valence-electron chi connectivity index (χ2n) is 3.90. The van der Waals surface area contributed by atoms with Crippen LogP contribution in [0.2, 0.25) is 5.02 Å². The average molecular weight is 282 g/mol. The van der Waals surface area contributed by atoms with Crippen LogP contribution in [0.25, 0.3) is 0 Å². The van der Waals surface area contributed by atoms with Gasteiger partial charge in [0, 0.05) is 11.9 Å². The van der Waals surface area contributed by atoms with Crippen molar-refractivity contribution < 1.29 is 0 Å². The van der Waals surface area contributed by atoms with Gasteiger partial charge in [0.05, 0.1) is 6.20 Å². The van der Waals surface area contributed by atoms with E-state index in [-0.39, 0.29) is 6.04 Å². The number of alkyl halides is 1. The van der Waals surface area contributed by atoms with E-state index >= 15 is 0 Å². The average Bonchev–Trinajstić information content (AvgIpc) is 2.41. The van der Waals surface area contributed by atoms with E-state index in [1.165, 1.54) is 11.9 Å². The highest BCUT2D eigenvalue weighted by molar-refractivity contribution is 6.32. The normalized spacial score (nSPS) is 12.1. The van der Waals surface area contributed by atoms with E-state index in [0.29, 0.717) is 16.7 Å². The van der Waals surface area contributed by atoms with Gasteiger partial charge in [-0.2, -0.15) is 0 Å². The van der Waals surface area contributed by atoms with E-state index in [1.54, 1.807) is 6.20 Å². The van der Waals surface area contributed by atoms with Gasteiger partial charge in [-0.15, -0.1) is 11.6 Å². The van der Waals surface area contributed by atoms with E-state index in [4.69, 9.17) is 23.2 Å². The lowest BCUT2D eigenvalue weighted by molar-refractivity contribution is 0.790. The number of halogens is 2. The molecule has 2 rings (SSSR count). The molecule has 0 saturated carbocycles. The monoisotopic (exact) mass is 281 g/mol. The van der Waals surface area contributed by atoms with Crippen molar-refractivity contribution in [3.63, 3.8) is 0 Å². The van der Waals surface area contributed by atoms with Crippen LogP contribution < -0.4 is 5.32 Å². The Morgan fingerprint density at radius 3 is 2.67 bits per heavy atom. The van der Waals surface area contributed by atoms with Crippen LogP contribution in [0.4, 0.5) is 5.82 Å². The molecule has 94 valence electrons. The minimum atomic E-state index is 0.0847. The van der Waals surface area contributed by atoms with Crippen LogP contribution in [0.3, 0.4) is 0 Å². The van der Waals surface area contributed by atoms with E-state index in [2.05, 4.69) is 27.4 Å². The van der Waals surface area contributed by atoms with Gasteiger partial charge in [0.15, 0.2) is 0 Å². The van der Waals surface area contributed by atoms with E-state index in [1.807, 2.05) is 18.2 Å². The Labute approximate surface area is 116 Å². The second kappa shape index (κ2) is 6.57. The number of nitrogens with one attached hydrogen (secondary N) is 1. The molecule has 1 aromatic carbocycles. The van der Waals surface area contributed by atoms with Gasteiger partial charge in [-0.1, -0.05) is 41.9 Å². The molecule has 18 heavy (non-hydrogen) atoms. The molecule has 0 radical (unpaired) electrons. The molecule has 0 spiro atoms. The Balaban J connectivity index is 2.04. The predicted octanol–water partition coefficient (Wildman–Crippen LogP) is 3.39. The first-order valence-electron chi connectivity index (χ1n) is 5.61. The Morgan fingerprint density at radius 1 is 1.22 bits per heavy atom. The molecule has 5 heteroatoms. The number of anilines is 1. The first-order chi connectivity index (χ1) is 8.79. The second-order valence-corrected chi connectivity index (χ2v) is 4.62. The maximum absolute atomic E-state index is 6.00. The summed E-state index contributed by atoms with van der Waals surface area (Å²) in [5, 5.41) is 3.73. The minimum absolute atomic E-state index is 0.0847. The minimum Gasteiger partial charge on any atom is -0.364 e. The third kappa shape index (κ3) is 3.59. The zero-order chi connectivity index (χ0) is 12.8. The van der Waals surface area contributed by atoms with E-state index < -0.39 is 0 Å². The standard InChI is InChI=1S/C13H13Cl2N3/c14-7-11(6-10-4-2-1-3-5-10)18-13-12(15)8-16-9-17-13/h1-5,8-9,11H,6-7H2,(H,16,17,18). The van der Waals surface area contributed by atoms with Crippen molar-refractivity contribution in [2.45, 2.75) is 12.5 Å². The summed E-state index contributed by atoms with van der Waals surface area (Å²) >= 11 is 12.0. The highest BCUT2D eigenvalue weighted by atomic mass is 35.5. The maximum atomic E-state index is 6.00. The molecule has 0 aliphatic carbocycles.